The number of methoxy groups -OCH3 is 2. The zero-order chi connectivity index (χ0) is 20.9. The minimum absolute atomic E-state index is 0.600. The number of rotatable bonds is 9. The molecule has 0 saturated heterocycles. The summed E-state index contributed by atoms with van der Waals surface area (Å²) in [7, 11) is 3.27. The minimum Gasteiger partial charge on any atom is -0.493 e. The number of ether oxygens (including phenoxy) is 3. The van der Waals surface area contributed by atoms with Crippen LogP contribution in [0.1, 0.15) is 51.2 Å². The fraction of sp³-hybridized carbons (Fsp3) is 0.435. The SMILES string of the molecule is CC.CCCCCOc1cc(C#N)ccc1Sc1cc(C)c(OC)c(OC)c1. The maximum absolute atomic E-state index is 9.17. The van der Waals surface area contributed by atoms with E-state index in [1.807, 2.05) is 45.0 Å². The average molecular weight is 402 g/mol. The molecule has 0 N–H and O–H groups in total. The molecule has 0 bridgehead atoms. The quantitative estimate of drug-likeness (QED) is 0.441. The van der Waals surface area contributed by atoms with Gasteiger partial charge < -0.3 is 14.2 Å². The number of hydrogen-bond donors (Lipinski definition) is 0. The van der Waals surface area contributed by atoms with Gasteiger partial charge in [0.25, 0.3) is 0 Å². The Balaban J connectivity index is 0.00000190. The predicted octanol–water partition coefficient (Wildman–Crippen LogP) is 6.63. The molecular weight excluding hydrogens is 370 g/mol. The van der Waals surface area contributed by atoms with Crippen molar-refractivity contribution in [3.63, 3.8) is 0 Å². The molecule has 2 rings (SSSR count). The third kappa shape index (κ3) is 6.69. The second kappa shape index (κ2) is 13.0. The van der Waals surface area contributed by atoms with E-state index in [9.17, 15) is 5.26 Å². The highest BCUT2D eigenvalue weighted by Crippen LogP contribution is 2.41. The second-order valence-corrected chi connectivity index (χ2v) is 7.02. The fourth-order valence-electron chi connectivity index (χ4n) is 2.62. The van der Waals surface area contributed by atoms with Gasteiger partial charge in [-0.1, -0.05) is 45.4 Å². The van der Waals surface area contributed by atoms with Gasteiger partial charge in [-0.2, -0.15) is 5.26 Å². The summed E-state index contributed by atoms with van der Waals surface area (Å²) in [6.45, 7) is 8.81. The first-order chi connectivity index (χ1) is 13.6. The van der Waals surface area contributed by atoms with Crippen LogP contribution in [0.15, 0.2) is 40.1 Å². The molecule has 4 nitrogen and oxygen atoms in total. The number of hydrogen-bond acceptors (Lipinski definition) is 5. The highest BCUT2D eigenvalue weighted by Gasteiger charge is 2.13. The Morgan fingerprint density at radius 2 is 1.75 bits per heavy atom. The molecule has 0 heterocycles. The van der Waals surface area contributed by atoms with E-state index in [0.29, 0.717) is 17.9 Å². The van der Waals surface area contributed by atoms with Gasteiger partial charge in [-0.15, -0.1) is 0 Å². The lowest BCUT2D eigenvalue weighted by Crippen LogP contribution is -1.99. The molecule has 0 radical (unpaired) electrons. The van der Waals surface area contributed by atoms with E-state index in [2.05, 4.69) is 19.1 Å². The average Bonchev–Trinajstić information content (AvgIpc) is 2.73. The van der Waals surface area contributed by atoms with Gasteiger partial charge in [0.2, 0.25) is 0 Å². The van der Waals surface area contributed by atoms with Crippen molar-refractivity contribution >= 4 is 11.8 Å². The summed E-state index contributed by atoms with van der Waals surface area (Å²) >= 11 is 1.59. The van der Waals surface area contributed by atoms with Crippen LogP contribution in [0.25, 0.3) is 0 Å². The predicted molar refractivity (Wildman–Crippen MR) is 116 cm³/mol. The lowest BCUT2D eigenvalue weighted by Gasteiger charge is -2.14. The summed E-state index contributed by atoms with van der Waals surface area (Å²) in [6, 6.07) is 11.7. The van der Waals surface area contributed by atoms with E-state index in [1.54, 1.807) is 26.0 Å². The van der Waals surface area contributed by atoms with Gasteiger partial charge in [-0.05, 0) is 49.2 Å². The molecule has 152 valence electrons. The minimum atomic E-state index is 0.600. The zero-order valence-electron chi connectivity index (χ0n) is 17.8. The Labute approximate surface area is 173 Å². The van der Waals surface area contributed by atoms with Gasteiger partial charge >= 0.3 is 0 Å². The van der Waals surface area contributed by atoms with Crippen LogP contribution < -0.4 is 14.2 Å². The van der Waals surface area contributed by atoms with Crippen LogP contribution in [0.5, 0.6) is 17.2 Å². The van der Waals surface area contributed by atoms with Crippen molar-refractivity contribution in [3.05, 3.63) is 41.5 Å². The normalized spacial score (nSPS) is 9.75. The highest BCUT2D eigenvalue weighted by atomic mass is 32.2. The molecule has 2 aromatic carbocycles. The van der Waals surface area contributed by atoms with E-state index in [4.69, 9.17) is 14.2 Å². The topological polar surface area (TPSA) is 51.5 Å². The molecule has 0 spiro atoms. The van der Waals surface area contributed by atoms with Crippen LogP contribution in [0.2, 0.25) is 0 Å². The molecular formula is C23H31NO3S. The molecule has 2 aromatic rings. The van der Waals surface area contributed by atoms with Gasteiger partial charge in [0, 0.05) is 4.90 Å². The molecule has 0 saturated carbocycles. The van der Waals surface area contributed by atoms with Crippen molar-refractivity contribution in [2.24, 2.45) is 0 Å². The largest absolute Gasteiger partial charge is 0.493 e. The Morgan fingerprint density at radius 1 is 1.00 bits per heavy atom. The third-order valence-electron chi connectivity index (χ3n) is 3.94. The second-order valence-electron chi connectivity index (χ2n) is 5.91. The Hall–Kier alpha value is -2.32. The highest BCUT2D eigenvalue weighted by molar-refractivity contribution is 7.99. The summed E-state index contributed by atoms with van der Waals surface area (Å²) in [5, 5.41) is 9.17. The number of nitrogens with zero attached hydrogens (tertiary/aromatic N) is 1. The fourth-order valence-corrected chi connectivity index (χ4v) is 3.63. The van der Waals surface area contributed by atoms with Gasteiger partial charge in [0.1, 0.15) is 5.75 Å². The van der Waals surface area contributed by atoms with Crippen molar-refractivity contribution in [1.29, 1.82) is 5.26 Å². The molecule has 0 aromatic heterocycles. The van der Waals surface area contributed by atoms with Crippen LogP contribution in [-0.2, 0) is 0 Å². The lowest BCUT2D eigenvalue weighted by molar-refractivity contribution is 0.299. The van der Waals surface area contributed by atoms with Crippen LogP contribution >= 0.6 is 11.8 Å². The summed E-state index contributed by atoms with van der Waals surface area (Å²) in [5.74, 6) is 2.19. The summed E-state index contributed by atoms with van der Waals surface area (Å²) in [6.07, 6.45) is 3.29. The van der Waals surface area contributed by atoms with E-state index in [0.717, 1.165) is 46.1 Å². The van der Waals surface area contributed by atoms with E-state index in [1.165, 1.54) is 0 Å². The first-order valence-electron chi connectivity index (χ1n) is 9.70. The summed E-state index contributed by atoms with van der Waals surface area (Å²) in [5.41, 5.74) is 1.61. The van der Waals surface area contributed by atoms with Gasteiger partial charge in [0.05, 0.1) is 37.4 Å². The number of nitriles is 1. The monoisotopic (exact) mass is 401 g/mol. The van der Waals surface area contributed by atoms with Gasteiger partial charge in [-0.3, -0.25) is 0 Å². The summed E-state index contributed by atoms with van der Waals surface area (Å²) in [4.78, 5) is 2.01. The molecule has 0 aliphatic carbocycles. The standard InChI is InChI=1S/C21H25NO3S.C2H6/c1-5-6-7-10-25-18-12-16(14-22)8-9-20(18)26-17-11-15(2)21(24-4)19(13-17)23-3;1-2/h8-9,11-13H,5-7,10H2,1-4H3;1-2H3. The number of aryl methyl sites for hydroxylation is 1. The van der Waals surface area contributed by atoms with Crippen LogP contribution in [0, 0.1) is 18.3 Å². The molecule has 0 aliphatic heterocycles. The lowest BCUT2D eigenvalue weighted by atomic mass is 10.2. The molecule has 0 aliphatic rings. The Bertz CT molecular complexity index is 784. The molecule has 28 heavy (non-hydrogen) atoms. The van der Waals surface area contributed by atoms with Crippen molar-refractivity contribution in [2.75, 3.05) is 20.8 Å². The molecule has 0 unspecified atom stereocenters. The Kier molecular flexibility index (Phi) is 11.0. The number of unbranched alkanes of at least 4 members (excludes halogenated alkanes) is 2. The van der Waals surface area contributed by atoms with E-state index < -0.39 is 0 Å². The maximum atomic E-state index is 9.17. The smallest absolute Gasteiger partial charge is 0.163 e. The van der Waals surface area contributed by atoms with Gasteiger partial charge in [-0.25, -0.2) is 0 Å². The molecule has 5 heteroatoms. The first-order valence-corrected chi connectivity index (χ1v) is 10.5. The zero-order valence-corrected chi connectivity index (χ0v) is 18.6. The molecule has 0 atom stereocenters. The van der Waals surface area contributed by atoms with E-state index >= 15 is 0 Å². The van der Waals surface area contributed by atoms with Crippen LogP contribution in [0.3, 0.4) is 0 Å². The van der Waals surface area contributed by atoms with Crippen LogP contribution in [-0.4, -0.2) is 20.8 Å². The number of benzene rings is 2. The van der Waals surface area contributed by atoms with Gasteiger partial charge in [0.15, 0.2) is 11.5 Å². The van der Waals surface area contributed by atoms with Crippen molar-refractivity contribution < 1.29 is 14.2 Å². The van der Waals surface area contributed by atoms with Crippen molar-refractivity contribution in [2.45, 2.75) is 56.7 Å². The molecule has 0 amide bonds. The first kappa shape index (κ1) is 23.7. The maximum Gasteiger partial charge on any atom is 0.163 e. The van der Waals surface area contributed by atoms with E-state index in [-0.39, 0.29) is 0 Å². The Morgan fingerprint density at radius 3 is 2.36 bits per heavy atom. The third-order valence-corrected chi connectivity index (χ3v) is 4.97. The summed E-state index contributed by atoms with van der Waals surface area (Å²) < 4.78 is 16.8. The van der Waals surface area contributed by atoms with Crippen LogP contribution in [0.4, 0.5) is 0 Å². The van der Waals surface area contributed by atoms with Crippen molar-refractivity contribution in [1.82, 2.24) is 0 Å². The molecule has 0 fully saturated rings. The van der Waals surface area contributed by atoms with Crippen molar-refractivity contribution in [3.8, 4) is 23.3 Å².